The van der Waals surface area contributed by atoms with E-state index in [0.29, 0.717) is 0 Å². The summed E-state index contributed by atoms with van der Waals surface area (Å²) in [4.78, 5) is 13.0. The molecule has 1 aromatic rings. The molecule has 1 N–H and O–H groups in total. The second-order valence-electron chi connectivity index (χ2n) is 3.58. The Kier molecular flexibility index (Phi) is 5.25. The summed E-state index contributed by atoms with van der Waals surface area (Å²) < 4.78 is 28.1. The Bertz CT molecular complexity index is 576. The number of hydrogen-bond donors (Lipinski definition) is 1. The van der Waals surface area contributed by atoms with Crippen LogP contribution in [-0.2, 0) is 19.6 Å². The molecule has 0 bridgehead atoms. The van der Waals surface area contributed by atoms with E-state index in [4.69, 9.17) is 0 Å². The van der Waals surface area contributed by atoms with Crippen LogP contribution < -0.4 is 4.83 Å². The van der Waals surface area contributed by atoms with E-state index in [1.165, 1.54) is 18.2 Å². The van der Waals surface area contributed by atoms with Crippen LogP contribution >= 0.6 is 0 Å². The molecule has 0 saturated heterocycles. The lowest BCUT2D eigenvalue weighted by Crippen LogP contribution is -2.19. The molecule has 0 aromatic heterocycles. The first-order chi connectivity index (χ1) is 8.95. The molecule has 0 radical (unpaired) electrons. The van der Waals surface area contributed by atoms with Gasteiger partial charge in [0.2, 0.25) is 0 Å². The maximum absolute atomic E-state index is 11.7. The smallest absolute Gasteiger partial charge is 0.351 e. The summed E-state index contributed by atoms with van der Waals surface area (Å²) in [6.45, 7) is 5.25. The summed E-state index contributed by atoms with van der Waals surface area (Å²) in [5.41, 5.74) is 0.940. The van der Waals surface area contributed by atoms with Crippen molar-refractivity contribution in [3.8, 4) is 0 Å². The van der Waals surface area contributed by atoms with E-state index in [9.17, 15) is 13.2 Å². The number of esters is 1. The number of rotatable bonds is 6. The highest BCUT2D eigenvalue weighted by Crippen LogP contribution is 2.09. The largest absolute Gasteiger partial charge is 0.457 e. The van der Waals surface area contributed by atoms with Gasteiger partial charge in [0, 0.05) is 0 Å². The maximum Gasteiger partial charge on any atom is 0.351 e. The summed E-state index contributed by atoms with van der Waals surface area (Å²) in [5, 5.41) is 3.32. The molecular formula is C12H14N2O4S. The molecule has 6 nitrogen and oxygen atoms in total. The number of sulfonamides is 1. The van der Waals surface area contributed by atoms with E-state index in [2.05, 4.69) is 16.4 Å². The molecule has 0 fully saturated rings. The van der Waals surface area contributed by atoms with Gasteiger partial charge in [0.15, 0.2) is 0 Å². The van der Waals surface area contributed by atoms with Crippen molar-refractivity contribution in [1.29, 1.82) is 0 Å². The van der Waals surface area contributed by atoms with Crippen LogP contribution in [0.3, 0.4) is 0 Å². The van der Waals surface area contributed by atoms with Gasteiger partial charge in [-0.2, -0.15) is 18.4 Å². The Balaban J connectivity index is 2.65. The third-order valence-corrected chi connectivity index (χ3v) is 3.26. The summed E-state index contributed by atoms with van der Waals surface area (Å²) in [6.07, 6.45) is 2.14. The van der Waals surface area contributed by atoms with Crippen LogP contribution in [0, 0.1) is 6.92 Å². The lowest BCUT2D eigenvalue weighted by Gasteiger charge is -2.03. The van der Waals surface area contributed by atoms with Crippen LogP contribution in [0.4, 0.5) is 0 Å². The van der Waals surface area contributed by atoms with E-state index >= 15 is 0 Å². The van der Waals surface area contributed by atoms with Crippen LogP contribution in [0.5, 0.6) is 0 Å². The van der Waals surface area contributed by atoms with Crippen molar-refractivity contribution in [3.63, 3.8) is 0 Å². The van der Waals surface area contributed by atoms with Gasteiger partial charge in [-0.15, -0.1) is 0 Å². The molecule has 1 aromatic carbocycles. The first-order valence-electron chi connectivity index (χ1n) is 5.35. The van der Waals surface area contributed by atoms with E-state index in [0.717, 1.165) is 11.8 Å². The SMILES string of the molecule is C=CCOC(=O)/C=N/NS(=O)(=O)c1ccc(C)cc1. The van der Waals surface area contributed by atoms with Crippen molar-refractivity contribution in [2.45, 2.75) is 11.8 Å². The minimum absolute atomic E-state index is 0.0373. The fraction of sp³-hybridized carbons (Fsp3) is 0.167. The summed E-state index contributed by atoms with van der Waals surface area (Å²) in [5.74, 6) is -0.758. The Morgan fingerprint density at radius 1 is 1.42 bits per heavy atom. The van der Waals surface area contributed by atoms with Gasteiger partial charge in [-0.3, -0.25) is 0 Å². The molecule has 0 amide bonds. The van der Waals surface area contributed by atoms with E-state index in [1.807, 2.05) is 11.8 Å². The molecule has 0 aliphatic heterocycles. The first-order valence-corrected chi connectivity index (χ1v) is 6.83. The molecule has 0 heterocycles. The standard InChI is InChI=1S/C12H14N2O4S/c1-3-8-18-12(15)9-13-14-19(16,17)11-6-4-10(2)5-7-11/h3-7,9,14H,1,8H2,2H3/b13-9+. The molecule has 0 unspecified atom stereocenters. The van der Waals surface area contributed by atoms with Crippen LogP contribution in [0.1, 0.15) is 5.56 Å². The number of carbonyl (C=O) groups is 1. The molecule has 1 rings (SSSR count). The highest BCUT2D eigenvalue weighted by atomic mass is 32.2. The number of carbonyl (C=O) groups excluding carboxylic acids is 1. The van der Waals surface area contributed by atoms with Crippen molar-refractivity contribution in [3.05, 3.63) is 42.5 Å². The fourth-order valence-electron chi connectivity index (χ4n) is 1.10. The molecule has 0 aliphatic rings. The highest BCUT2D eigenvalue weighted by Gasteiger charge is 2.11. The molecule has 0 aliphatic carbocycles. The Hall–Kier alpha value is -2.15. The quantitative estimate of drug-likeness (QED) is 0.365. The van der Waals surface area contributed by atoms with Crippen LogP contribution in [0.15, 0.2) is 46.9 Å². The van der Waals surface area contributed by atoms with Gasteiger partial charge in [-0.1, -0.05) is 30.4 Å². The average Bonchev–Trinajstić information content (AvgIpc) is 2.36. The van der Waals surface area contributed by atoms with Gasteiger partial charge >= 0.3 is 5.97 Å². The first kappa shape index (κ1) is 14.9. The predicted octanol–water partition coefficient (Wildman–Crippen LogP) is 0.988. The number of nitrogens with one attached hydrogen (secondary N) is 1. The zero-order valence-electron chi connectivity index (χ0n) is 10.4. The van der Waals surface area contributed by atoms with Crippen LogP contribution in [0.25, 0.3) is 0 Å². The topological polar surface area (TPSA) is 84.8 Å². The van der Waals surface area contributed by atoms with Gasteiger partial charge in [0.25, 0.3) is 10.0 Å². The molecule has 102 valence electrons. The normalized spacial score (nSPS) is 11.2. The Morgan fingerprint density at radius 3 is 2.63 bits per heavy atom. The Labute approximate surface area is 111 Å². The van der Waals surface area contributed by atoms with Crippen LogP contribution in [-0.4, -0.2) is 27.2 Å². The van der Waals surface area contributed by atoms with Gasteiger partial charge in [-0.05, 0) is 19.1 Å². The summed E-state index contributed by atoms with van der Waals surface area (Å²) in [6, 6.07) is 6.22. The molecule has 0 spiro atoms. The zero-order chi connectivity index (χ0) is 14.3. The number of nitrogens with zero attached hydrogens (tertiary/aromatic N) is 1. The molecule has 0 atom stereocenters. The second kappa shape index (κ2) is 6.69. The fourth-order valence-corrected chi connectivity index (χ4v) is 1.89. The van der Waals surface area contributed by atoms with Crippen molar-refractivity contribution in [2.24, 2.45) is 5.10 Å². The molecule has 7 heteroatoms. The third-order valence-electron chi connectivity index (χ3n) is 2.02. The lowest BCUT2D eigenvalue weighted by molar-refractivity contribution is -0.133. The molecule has 0 saturated carbocycles. The Morgan fingerprint density at radius 2 is 2.05 bits per heavy atom. The van der Waals surface area contributed by atoms with Crippen molar-refractivity contribution in [1.82, 2.24) is 4.83 Å². The van der Waals surface area contributed by atoms with Gasteiger partial charge in [-0.25, -0.2) is 4.79 Å². The van der Waals surface area contributed by atoms with Gasteiger partial charge < -0.3 is 4.74 Å². The predicted molar refractivity (Wildman–Crippen MR) is 71.1 cm³/mol. The molecule has 19 heavy (non-hydrogen) atoms. The van der Waals surface area contributed by atoms with Crippen molar-refractivity contribution in [2.75, 3.05) is 6.61 Å². The number of hydrogen-bond acceptors (Lipinski definition) is 5. The summed E-state index contributed by atoms with van der Waals surface area (Å²) in [7, 11) is -3.77. The maximum atomic E-state index is 11.7. The van der Waals surface area contributed by atoms with Crippen molar-refractivity contribution >= 4 is 22.2 Å². The second-order valence-corrected chi connectivity index (χ2v) is 5.25. The number of aryl methyl sites for hydroxylation is 1. The van der Waals surface area contributed by atoms with Gasteiger partial charge in [0.05, 0.1) is 4.90 Å². The number of hydrazone groups is 1. The van der Waals surface area contributed by atoms with E-state index in [-0.39, 0.29) is 11.5 Å². The monoisotopic (exact) mass is 282 g/mol. The zero-order valence-corrected chi connectivity index (χ0v) is 11.2. The molecular weight excluding hydrogens is 268 g/mol. The minimum atomic E-state index is -3.77. The third kappa shape index (κ3) is 4.92. The average molecular weight is 282 g/mol. The van der Waals surface area contributed by atoms with Crippen molar-refractivity contribution < 1.29 is 17.9 Å². The minimum Gasteiger partial charge on any atom is -0.457 e. The summed E-state index contributed by atoms with van der Waals surface area (Å²) >= 11 is 0. The van der Waals surface area contributed by atoms with E-state index in [1.54, 1.807) is 12.1 Å². The van der Waals surface area contributed by atoms with Crippen LogP contribution in [0.2, 0.25) is 0 Å². The van der Waals surface area contributed by atoms with Gasteiger partial charge in [0.1, 0.15) is 12.8 Å². The van der Waals surface area contributed by atoms with E-state index < -0.39 is 16.0 Å². The highest BCUT2D eigenvalue weighted by molar-refractivity contribution is 7.89. The number of benzene rings is 1. The lowest BCUT2D eigenvalue weighted by atomic mass is 10.2. The number of ether oxygens (including phenoxy) is 1.